The van der Waals surface area contributed by atoms with Crippen LogP contribution in [0.2, 0.25) is 0 Å². The fourth-order valence-corrected chi connectivity index (χ4v) is 3.65. The van der Waals surface area contributed by atoms with E-state index in [1.165, 1.54) is 18.4 Å². The molecule has 0 aromatic carbocycles. The highest BCUT2D eigenvalue weighted by atomic mass is 19.4. The number of carboxylic acids is 1. The molecule has 1 aliphatic carbocycles. The van der Waals surface area contributed by atoms with Crippen LogP contribution in [0.5, 0.6) is 0 Å². The highest BCUT2D eigenvalue weighted by Gasteiger charge is 2.44. The largest absolute Gasteiger partial charge is 0.490 e. The number of hydrogen-bond acceptors (Lipinski definition) is 5. The zero-order valence-electron chi connectivity index (χ0n) is 16.1. The molecule has 11 heteroatoms. The summed E-state index contributed by atoms with van der Waals surface area (Å²) in [6.07, 6.45) is 2.54. The number of likely N-dealkylation sites (tertiary alicyclic amines) is 1. The Morgan fingerprint density at radius 1 is 1.34 bits per heavy atom. The number of aryl methyl sites for hydroxylation is 1. The fourth-order valence-electron chi connectivity index (χ4n) is 3.65. The Morgan fingerprint density at radius 3 is 2.59 bits per heavy atom. The van der Waals surface area contributed by atoms with E-state index in [1.54, 1.807) is 0 Å². The summed E-state index contributed by atoms with van der Waals surface area (Å²) in [5, 5.41) is 14.5. The van der Waals surface area contributed by atoms with Gasteiger partial charge < -0.3 is 15.2 Å². The lowest BCUT2D eigenvalue weighted by molar-refractivity contribution is -0.192. The van der Waals surface area contributed by atoms with E-state index in [0.29, 0.717) is 0 Å². The van der Waals surface area contributed by atoms with Crippen LogP contribution in [0.15, 0.2) is 12.4 Å². The summed E-state index contributed by atoms with van der Waals surface area (Å²) in [5.74, 6) is -1.80. The van der Waals surface area contributed by atoms with Crippen LogP contribution in [0.25, 0.3) is 0 Å². The van der Waals surface area contributed by atoms with Gasteiger partial charge >= 0.3 is 12.1 Å². The van der Waals surface area contributed by atoms with E-state index in [1.807, 2.05) is 17.9 Å². The van der Waals surface area contributed by atoms with Gasteiger partial charge in [0.15, 0.2) is 0 Å². The van der Waals surface area contributed by atoms with Crippen LogP contribution in [0.1, 0.15) is 24.8 Å². The predicted octanol–water partition coefficient (Wildman–Crippen LogP) is 1.17. The molecule has 0 spiro atoms. The molecule has 2 aliphatic heterocycles. The number of nitrogens with one attached hydrogen (secondary N) is 1. The fraction of sp³-hybridized carbons (Fsp3) is 0.722. The Hall–Kier alpha value is -2.14. The van der Waals surface area contributed by atoms with Crippen LogP contribution in [0.4, 0.5) is 13.2 Å². The van der Waals surface area contributed by atoms with Gasteiger partial charge in [0.1, 0.15) is 0 Å². The lowest BCUT2D eigenvalue weighted by atomic mass is 9.99. The molecule has 3 aliphatic rings. The minimum absolute atomic E-state index is 0.0302. The van der Waals surface area contributed by atoms with Crippen LogP contribution in [0, 0.1) is 11.8 Å². The molecular formula is C18H25F3N4O4. The number of ether oxygens (including phenoxy) is 1. The number of morpholine rings is 1. The highest BCUT2D eigenvalue weighted by Crippen LogP contribution is 2.33. The number of alkyl halides is 3. The Morgan fingerprint density at radius 2 is 2.03 bits per heavy atom. The van der Waals surface area contributed by atoms with Gasteiger partial charge in [-0.15, -0.1) is 0 Å². The summed E-state index contributed by atoms with van der Waals surface area (Å²) >= 11 is 0. The van der Waals surface area contributed by atoms with Gasteiger partial charge in [-0.25, -0.2) is 4.79 Å². The normalized spacial score (nSPS) is 26.6. The minimum Gasteiger partial charge on any atom is -0.475 e. The lowest BCUT2D eigenvalue weighted by Crippen LogP contribution is -2.45. The molecule has 1 aromatic heterocycles. The second-order valence-corrected chi connectivity index (χ2v) is 7.85. The van der Waals surface area contributed by atoms with Crippen molar-refractivity contribution in [2.75, 3.05) is 19.6 Å². The molecule has 1 amide bonds. The second kappa shape index (κ2) is 8.70. The van der Waals surface area contributed by atoms with Crippen LogP contribution in [-0.4, -0.2) is 69.7 Å². The van der Waals surface area contributed by atoms with E-state index in [9.17, 15) is 18.0 Å². The van der Waals surface area contributed by atoms with Crippen LogP contribution < -0.4 is 5.32 Å². The number of carbonyl (C=O) groups is 2. The summed E-state index contributed by atoms with van der Waals surface area (Å²) in [6.45, 7) is 3.50. The Kier molecular flexibility index (Phi) is 6.47. The number of nitrogens with zero attached hydrogens (tertiary/aromatic N) is 3. The van der Waals surface area contributed by atoms with Gasteiger partial charge in [-0.05, 0) is 25.2 Å². The third-order valence-electron chi connectivity index (χ3n) is 5.24. The zero-order chi connectivity index (χ0) is 21.2. The molecule has 3 unspecified atom stereocenters. The standard InChI is InChI=1S/C16H24N4O2.C2HF3O2/c1-19-7-12(6-18-19)8-20-9-13-4-14(15(10-20)22-13)16(21)17-5-11-2-3-11;3-2(4,5)1(6)7/h6-7,11,13-15H,2-5,8-10H2,1H3,(H,17,21);(H,6,7). The third kappa shape index (κ3) is 6.17. The number of carboxylic acid groups (broad SMARTS) is 1. The second-order valence-electron chi connectivity index (χ2n) is 7.85. The SMILES string of the molecule is Cn1cc(CN2CC3CC(C(=O)NCC4CC4)C(C2)O3)cn1.O=C(O)C(F)(F)F. The smallest absolute Gasteiger partial charge is 0.475 e. The number of amides is 1. The predicted molar refractivity (Wildman–Crippen MR) is 94.7 cm³/mol. The lowest BCUT2D eigenvalue weighted by Gasteiger charge is -2.32. The van der Waals surface area contributed by atoms with Gasteiger partial charge in [0.25, 0.3) is 0 Å². The van der Waals surface area contributed by atoms with E-state index in [4.69, 9.17) is 14.6 Å². The van der Waals surface area contributed by atoms with Gasteiger partial charge in [-0.3, -0.25) is 14.4 Å². The molecule has 2 N–H and O–H groups in total. The highest BCUT2D eigenvalue weighted by molar-refractivity contribution is 5.79. The molecule has 3 atom stereocenters. The van der Waals surface area contributed by atoms with Crippen molar-refractivity contribution in [3.8, 4) is 0 Å². The monoisotopic (exact) mass is 418 g/mol. The molecule has 1 aromatic rings. The van der Waals surface area contributed by atoms with Gasteiger partial charge in [0, 0.05) is 45.0 Å². The number of aliphatic carboxylic acids is 1. The number of halogens is 3. The Balaban J connectivity index is 0.000000298. The summed E-state index contributed by atoms with van der Waals surface area (Å²) in [6, 6.07) is 0. The number of carbonyl (C=O) groups excluding carboxylic acids is 1. The maximum atomic E-state index is 12.4. The third-order valence-corrected chi connectivity index (χ3v) is 5.24. The zero-order valence-corrected chi connectivity index (χ0v) is 16.1. The molecule has 0 radical (unpaired) electrons. The first-order valence-electron chi connectivity index (χ1n) is 9.55. The topological polar surface area (TPSA) is 96.7 Å². The molecule has 2 saturated heterocycles. The number of rotatable bonds is 5. The van der Waals surface area contributed by atoms with Crippen molar-refractivity contribution in [2.24, 2.45) is 18.9 Å². The average molecular weight is 418 g/mol. The van der Waals surface area contributed by atoms with Crippen molar-refractivity contribution < 1.29 is 32.6 Å². The van der Waals surface area contributed by atoms with Crippen molar-refractivity contribution in [3.63, 3.8) is 0 Å². The number of aromatic nitrogens is 2. The van der Waals surface area contributed by atoms with Crippen molar-refractivity contribution in [1.82, 2.24) is 20.0 Å². The van der Waals surface area contributed by atoms with Gasteiger partial charge in [0.2, 0.25) is 5.91 Å². The minimum atomic E-state index is -5.08. The van der Waals surface area contributed by atoms with Crippen LogP contribution >= 0.6 is 0 Å². The first-order valence-corrected chi connectivity index (χ1v) is 9.55. The summed E-state index contributed by atoms with van der Waals surface area (Å²) in [5.41, 5.74) is 1.22. The maximum absolute atomic E-state index is 12.4. The summed E-state index contributed by atoms with van der Waals surface area (Å²) < 4.78 is 39.6. The quantitative estimate of drug-likeness (QED) is 0.745. The summed E-state index contributed by atoms with van der Waals surface area (Å²) in [4.78, 5) is 23.7. The van der Waals surface area contributed by atoms with Crippen molar-refractivity contribution in [2.45, 2.75) is 44.2 Å². The van der Waals surface area contributed by atoms with E-state index >= 15 is 0 Å². The Labute approximate surface area is 166 Å². The molecule has 4 rings (SSSR count). The molecule has 1 saturated carbocycles. The maximum Gasteiger partial charge on any atom is 0.490 e. The molecule has 3 heterocycles. The molecular weight excluding hydrogens is 393 g/mol. The molecule has 162 valence electrons. The van der Waals surface area contributed by atoms with Crippen molar-refractivity contribution in [1.29, 1.82) is 0 Å². The molecule has 3 fully saturated rings. The van der Waals surface area contributed by atoms with E-state index in [2.05, 4.69) is 21.5 Å². The van der Waals surface area contributed by atoms with E-state index in [-0.39, 0.29) is 24.0 Å². The first-order chi connectivity index (χ1) is 13.6. The molecule has 8 nitrogen and oxygen atoms in total. The number of hydrogen-bond donors (Lipinski definition) is 2. The van der Waals surface area contributed by atoms with E-state index < -0.39 is 12.1 Å². The molecule has 29 heavy (non-hydrogen) atoms. The van der Waals surface area contributed by atoms with Crippen LogP contribution in [-0.2, 0) is 27.9 Å². The van der Waals surface area contributed by atoms with Gasteiger partial charge in [0.05, 0.1) is 24.3 Å². The number of fused-ring (bicyclic) bond motifs is 2. The molecule has 2 bridgehead atoms. The van der Waals surface area contributed by atoms with Gasteiger partial charge in [-0.1, -0.05) is 0 Å². The average Bonchev–Trinajstić information content (AvgIpc) is 3.30. The first kappa shape index (κ1) is 21.6. The summed E-state index contributed by atoms with van der Waals surface area (Å²) in [7, 11) is 1.94. The van der Waals surface area contributed by atoms with Crippen LogP contribution in [0.3, 0.4) is 0 Å². The van der Waals surface area contributed by atoms with E-state index in [0.717, 1.165) is 38.5 Å². The van der Waals surface area contributed by atoms with Gasteiger partial charge in [-0.2, -0.15) is 18.3 Å². The Bertz CT molecular complexity index is 735. The van der Waals surface area contributed by atoms with Crippen molar-refractivity contribution in [3.05, 3.63) is 18.0 Å². The van der Waals surface area contributed by atoms with Crippen molar-refractivity contribution >= 4 is 11.9 Å².